The van der Waals surface area contributed by atoms with E-state index >= 15 is 0 Å². The maximum absolute atomic E-state index is 11.7. The van der Waals surface area contributed by atoms with Crippen molar-refractivity contribution in [2.75, 3.05) is 6.61 Å². The number of esters is 2. The van der Waals surface area contributed by atoms with Crippen LogP contribution in [0.4, 0.5) is 0 Å². The summed E-state index contributed by atoms with van der Waals surface area (Å²) in [6.07, 6.45) is -5.25. The van der Waals surface area contributed by atoms with E-state index in [1.165, 1.54) is 11.3 Å². The van der Waals surface area contributed by atoms with Gasteiger partial charge in [0.2, 0.25) is 5.79 Å². The highest BCUT2D eigenvalue weighted by molar-refractivity contribution is 7.10. The molecule has 9 heteroatoms. The molecule has 0 bridgehead atoms. The van der Waals surface area contributed by atoms with Gasteiger partial charge in [0.05, 0.1) is 18.1 Å². The van der Waals surface area contributed by atoms with E-state index < -0.39 is 42.1 Å². The first kappa shape index (κ1) is 22.4. The fourth-order valence-corrected chi connectivity index (χ4v) is 4.10. The zero-order valence-corrected chi connectivity index (χ0v) is 17.4. The molecule has 1 saturated heterocycles. The van der Waals surface area contributed by atoms with Crippen LogP contribution in [0.15, 0.2) is 47.8 Å². The van der Waals surface area contributed by atoms with Crippen LogP contribution in [0.1, 0.15) is 24.3 Å². The van der Waals surface area contributed by atoms with Crippen LogP contribution in [0.2, 0.25) is 0 Å². The van der Waals surface area contributed by atoms with Crippen molar-refractivity contribution in [3.63, 3.8) is 0 Å². The Morgan fingerprint density at radius 2 is 1.80 bits per heavy atom. The Hall–Kier alpha value is -2.30. The molecule has 0 spiro atoms. The molecule has 2 aromatic rings. The summed E-state index contributed by atoms with van der Waals surface area (Å²) in [5, 5.41) is 23.9. The van der Waals surface area contributed by atoms with Crippen molar-refractivity contribution in [3.05, 3.63) is 58.3 Å². The zero-order valence-electron chi connectivity index (χ0n) is 16.6. The van der Waals surface area contributed by atoms with Gasteiger partial charge in [-0.1, -0.05) is 36.4 Å². The van der Waals surface area contributed by atoms with E-state index in [0.29, 0.717) is 4.88 Å². The van der Waals surface area contributed by atoms with Crippen molar-refractivity contribution < 1.29 is 38.7 Å². The second kappa shape index (κ2) is 9.67. The van der Waals surface area contributed by atoms with E-state index in [1.807, 2.05) is 30.3 Å². The molecule has 2 N–H and O–H groups in total. The monoisotopic (exact) mass is 436 g/mol. The summed E-state index contributed by atoms with van der Waals surface area (Å²) in [6.45, 7) is 2.49. The molecule has 1 fully saturated rings. The van der Waals surface area contributed by atoms with Crippen molar-refractivity contribution >= 4 is 23.3 Å². The van der Waals surface area contributed by atoms with Gasteiger partial charge in [-0.2, -0.15) is 0 Å². The molecule has 0 radical (unpaired) electrons. The van der Waals surface area contributed by atoms with Crippen molar-refractivity contribution in [3.8, 4) is 0 Å². The fourth-order valence-electron chi connectivity index (χ4n) is 3.31. The Kier molecular flexibility index (Phi) is 7.22. The van der Waals surface area contributed by atoms with Crippen LogP contribution in [-0.2, 0) is 40.9 Å². The highest BCUT2D eigenvalue weighted by Crippen LogP contribution is 2.41. The second-order valence-electron chi connectivity index (χ2n) is 6.93. The van der Waals surface area contributed by atoms with Crippen LogP contribution in [0.25, 0.3) is 0 Å². The maximum Gasteiger partial charge on any atom is 0.303 e. The molecule has 1 aliphatic heterocycles. The lowest BCUT2D eigenvalue weighted by Gasteiger charge is -2.47. The average molecular weight is 436 g/mol. The smallest absolute Gasteiger partial charge is 0.303 e. The van der Waals surface area contributed by atoms with Gasteiger partial charge in [-0.25, -0.2) is 0 Å². The molecule has 1 aromatic heterocycles. The van der Waals surface area contributed by atoms with Crippen molar-refractivity contribution in [1.29, 1.82) is 0 Å². The summed E-state index contributed by atoms with van der Waals surface area (Å²) in [6, 6.07) is 12.7. The van der Waals surface area contributed by atoms with Crippen molar-refractivity contribution in [1.82, 2.24) is 0 Å². The van der Waals surface area contributed by atoms with E-state index in [2.05, 4.69) is 0 Å². The Balaban J connectivity index is 1.85. The molecule has 8 nitrogen and oxygen atoms in total. The Morgan fingerprint density at radius 3 is 2.40 bits per heavy atom. The summed E-state index contributed by atoms with van der Waals surface area (Å²) in [5.41, 5.74) is 0.922. The summed E-state index contributed by atoms with van der Waals surface area (Å²) in [5.74, 6) is -3.54. The number of ether oxygens (including phenoxy) is 4. The molecule has 5 atom stereocenters. The van der Waals surface area contributed by atoms with Crippen LogP contribution in [-0.4, -0.2) is 53.2 Å². The number of hydrogen-bond acceptors (Lipinski definition) is 9. The molecular formula is C21H24O8S. The highest BCUT2D eigenvalue weighted by Gasteiger charge is 2.59. The first-order chi connectivity index (χ1) is 14.3. The van der Waals surface area contributed by atoms with Gasteiger partial charge in [-0.05, 0) is 17.0 Å². The van der Waals surface area contributed by atoms with E-state index in [1.54, 1.807) is 17.5 Å². The predicted octanol–water partition coefficient (Wildman–Crippen LogP) is 1.73. The molecule has 30 heavy (non-hydrogen) atoms. The van der Waals surface area contributed by atoms with E-state index in [9.17, 15) is 19.8 Å². The third-order valence-corrected chi connectivity index (χ3v) is 5.57. The molecule has 0 aliphatic carbocycles. The highest BCUT2D eigenvalue weighted by atomic mass is 32.1. The van der Waals surface area contributed by atoms with Gasteiger partial charge in [0, 0.05) is 13.8 Å². The molecule has 2 heterocycles. The lowest BCUT2D eigenvalue weighted by atomic mass is 9.91. The van der Waals surface area contributed by atoms with Gasteiger partial charge in [-0.3, -0.25) is 9.59 Å². The fraction of sp³-hybridized carbons (Fsp3) is 0.429. The first-order valence-electron chi connectivity index (χ1n) is 9.39. The minimum absolute atomic E-state index is 0.0890. The Bertz CT molecular complexity index is 840. The number of hydrogen-bond donors (Lipinski definition) is 2. The van der Waals surface area contributed by atoms with Gasteiger partial charge in [0.25, 0.3) is 0 Å². The predicted molar refractivity (Wildman–Crippen MR) is 106 cm³/mol. The summed E-state index contributed by atoms with van der Waals surface area (Å²) >= 11 is 1.17. The molecule has 0 saturated carbocycles. The van der Waals surface area contributed by atoms with Gasteiger partial charge >= 0.3 is 11.9 Å². The lowest BCUT2D eigenvalue weighted by molar-refractivity contribution is -0.359. The number of rotatable bonds is 7. The van der Waals surface area contributed by atoms with Crippen LogP contribution in [0, 0.1) is 0 Å². The van der Waals surface area contributed by atoms with Gasteiger partial charge < -0.3 is 29.2 Å². The van der Waals surface area contributed by atoms with Crippen LogP contribution >= 0.6 is 11.3 Å². The summed E-state index contributed by atoms with van der Waals surface area (Å²) in [4.78, 5) is 23.7. The molecule has 162 valence electrons. The first-order valence-corrected chi connectivity index (χ1v) is 10.3. The molecule has 0 amide bonds. The molecule has 0 unspecified atom stereocenters. The quantitative estimate of drug-likeness (QED) is 0.632. The average Bonchev–Trinajstić information content (AvgIpc) is 3.24. The van der Waals surface area contributed by atoms with Gasteiger partial charge in [0.1, 0.15) is 12.2 Å². The number of carbonyl (C=O) groups is 2. The third kappa shape index (κ3) is 5.05. The van der Waals surface area contributed by atoms with Gasteiger partial charge in [-0.15, -0.1) is 11.3 Å². The maximum atomic E-state index is 11.7. The second-order valence-corrected chi connectivity index (χ2v) is 7.87. The van der Waals surface area contributed by atoms with E-state index in [-0.39, 0.29) is 13.2 Å². The minimum Gasteiger partial charge on any atom is -0.455 e. The summed E-state index contributed by atoms with van der Waals surface area (Å²) < 4.78 is 22.0. The largest absolute Gasteiger partial charge is 0.455 e. The van der Waals surface area contributed by atoms with Crippen LogP contribution in [0.3, 0.4) is 0 Å². The minimum atomic E-state index is -2.13. The third-order valence-electron chi connectivity index (χ3n) is 4.60. The normalized spacial score (nSPS) is 28.7. The van der Waals surface area contributed by atoms with Crippen LogP contribution < -0.4 is 0 Å². The Labute approximate surface area is 178 Å². The molecule has 1 aliphatic rings. The van der Waals surface area contributed by atoms with Crippen LogP contribution in [0.5, 0.6) is 0 Å². The van der Waals surface area contributed by atoms with E-state index in [4.69, 9.17) is 18.9 Å². The lowest BCUT2D eigenvalue weighted by Crippen LogP contribution is -2.65. The molecular weight excluding hydrogens is 412 g/mol. The molecule has 3 rings (SSSR count). The number of aliphatic hydroxyl groups excluding tert-OH is 1. The standard InChI is InChI=1S/C21H24O8S/c1-13(22)27-19-18(24)16(12-26-11-15-7-4-3-5-8-15)29-21(25,17-9-6-10-30-17)20(19)28-14(2)23/h3-10,16,18-20,24-25H,11-12H2,1-2H3/t16-,18+,19+,20-,21-/m1/s1. The number of carbonyl (C=O) groups excluding carboxylic acids is 2. The van der Waals surface area contributed by atoms with Gasteiger partial charge in [0.15, 0.2) is 12.2 Å². The Morgan fingerprint density at radius 1 is 1.10 bits per heavy atom. The van der Waals surface area contributed by atoms with Crippen molar-refractivity contribution in [2.24, 2.45) is 0 Å². The topological polar surface area (TPSA) is 112 Å². The zero-order chi connectivity index (χ0) is 21.7. The number of thiophene rings is 1. The van der Waals surface area contributed by atoms with E-state index in [0.717, 1.165) is 19.4 Å². The number of benzene rings is 1. The summed E-state index contributed by atoms with van der Waals surface area (Å²) in [7, 11) is 0. The van der Waals surface area contributed by atoms with Crippen molar-refractivity contribution in [2.45, 2.75) is 50.7 Å². The molecule has 1 aromatic carbocycles. The number of aliphatic hydroxyl groups is 2. The SMILES string of the molecule is CC(=O)O[C@H]1[C@@H](O)[C@@H](COCc2ccccc2)O[C@](O)(c2cccs2)[C@@H]1OC(C)=O.